The lowest BCUT2D eigenvalue weighted by Gasteiger charge is -2.21. The summed E-state index contributed by atoms with van der Waals surface area (Å²) in [5, 5.41) is 3.34. The minimum atomic E-state index is 0.277. The summed E-state index contributed by atoms with van der Waals surface area (Å²) < 4.78 is 5.69. The Balaban J connectivity index is 2.19. The van der Waals surface area contributed by atoms with E-state index in [0.717, 1.165) is 11.5 Å². The summed E-state index contributed by atoms with van der Waals surface area (Å²) >= 11 is 0. The molecule has 1 unspecified atom stereocenters. The van der Waals surface area contributed by atoms with Crippen molar-refractivity contribution >= 4 is 0 Å². The third-order valence-electron chi connectivity index (χ3n) is 3.03. The van der Waals surface area contributed by atoms with Crippen molar-refractivity contribution in [2.75, 3.05) is 7.05 Å². The summed E-state index contributed by atoms with van der Waals surface area (Å²) in [4.78, 5) is 0. The number of rotatable bonds is 3. The number of aryl methyl sites for hydroxylation is 1. The standard InChI is InChI=1S/C13H19NO/c1-10-8-9-12(15-10)13(14-2)11-6-4-3-5-7-11/h6,8-9,13-14H,3-5,7H2,1-2H3. The van der Waals surface area contributed by atoms with Gasteiger partial charge in [-0.2, -0.15) is 0 Å². The number of hydrogen-bond acceptors (Lipinski definition) is 2. The SMILES string of the molecule is CNC(C1=CCCCC1)c1ccc(C)o1. The normalized spacial score (nSPS) is 18.7. The van der Waals surface area contributed by atoms with E-state index in [1.165, 1.54) is 31.3 Å². The van der Waals surface area contributed by atoms with E-state index in [-0.39, 0.29) is 6.04 Å². The quantitative estimate of drug-likeness (QED) is 0.765. The molecule has 2 nitrogen and oxygen atoms in total. The van der Waals surface area contributed by atoms with E-state index < -0.39 is 0 Å². The fourth-order valence-electron chi connectivity index (χ4n) is 2.24. The summed E-state index contributed by atoms with van der Waals surface area (Å²) in [6.07, 6.45) is 7.42. The molecule has 15 heavy (non-hydrogen) atoms. The molecular formula is C13H19NO. The maximum Gasteiger partial charge on any atom is 0.125 e. The lowest BCUT2D eigenvalue weighted by atomic mass is 9.93. The number of likely N-dealkylation sites (N-methyl/N-ethyl adjacent to an activating group) is 1. The van der Waals surface area contributed by atoms with Gasteiger partial charge in [0.1, 0.15) is 11.5 Å². The van der Waals surface area contributed by atoms with E-state index in [2.05, 4.69) is 17.5 Å². The molecule has 1 aromatic heterocycles. The first-order valence-electron chi connectivity index (χ1n) is 5.74. The van der Waals surface area contributed by atoms with Gasteiger partial charge in [-0.15, -0.1) is 0 Å². The summed E-state index contributed by atoms with van der Waals surface area (Å²) in [6.45, 7) is 1.99. The molecule has 0 bridgehead atoms. The summed E-state index contributed by atoms with van der Waals surface area (Å²) in [7, 11) is 2.00. The average Bonchev–Trinajstić information content (AvgIpc) is 2.68. The molecule has 0 spiro atoms. The zero-order valence-electron chi connectivity index (χ0n) is 9.55. The van der Waals surface area contributed by atoms with E-state index in [1.807, 2.05) is 20.0 Å². The van der Waals surface area contributed by atoms with Crippen LogP contribution in [0.3, 0.4) is 0 Å². The number of hydrogen-bond donors (Lipinski definition) is 1. The maximum absolute atomic E-state index is 5.69. The Bertz CT molecular complexity index is 351. The topological polar surface area (TPSA) is 25.2 Å². The first-order chi connectivity index (χ1) is 7.31. The van der Waals surface area contributed by atoms with Crippen LogP contribution in [0.4, 0.5) is 0 Å². The molecule has 1 N–H and O–H groups in total. The minimum absolute atomic E-state index is 0.277. The maximum atomic E-state index is 5.69. The number of allylic oxidation sites excluding steroid dienone is 1. The smallest absolute Gasteiger partial charge is 0.125 e. The Labute approximate surface area is 91.4 Å². The molecule has 1 aromatic rings. The fourth-order valence-corrected chi connectivity index (χ4v) is 2.24. The number of furan rings is 1. The molecule has 0 aliphatic heterocycles. The van der Waals surface area contributed by atoms with Crippen LogP contribution in [-0.2, 0) is 0 Å². The van der Waals surface area contributed by atoms with Gasteiger partial charge in [-0.25, -0.2) is 0 Å². The highest BCUT2D eigenvalue weighted by Crippen LogP contribution is 2.30. The lowest BCUT2D eigenvalue weighted by molar-refractivity contribution is 0.431. The molecule has 1 aliphatic rings. The van der Waals surface area contributed by atoms with Gasteiger partial charge in [0.2, 0.25) is 0 Å². The molecule has 0 saturated carbocycles. The minimum Gasteiger partial charge on any atom is -0.464 e. The van der Waals surface area contributed by atoms with Crippen LogP contribution in [0.25, 0.3) is 0 Å². The lowest BCUT2D eigenvalue weighted by Crippen LogP contribution is -2.19. The summed E-state index contributed by atoms with van der Waals surface area (Å²) in [6, 6.07) is 4.38. The van der Waals surface area contributed by atoms with Crippen LogP contribution < -0.4 is 5.32 Å². The van der Waals surface area contributed by atoms with E-state index >= 15 is 0 Å². The van der Waals surface area contributed by atoms with Crippen LogP contribution in [0.2, 0.25) is 0 Å². The van der Waals surface area contributed by atoms with Crippen molar-refractivity contribution in [3.63, 3.8) is 0 Å². The van der Waals surface area contributed by atoms with E-state index in [0.29, 0.717) is 0 Å². The van der Waals surface area contributed by atoms with Gasteiger partial charge in [0, 0.05) is 0 Å². The van der Waals surface area contributed by atoms with Crippen LogP contribution in [-0.4, -0.2) is 7.05 Å². The molecular weight excluding hydrogens is 186 g/mol. The Kier molecular flexibility index (Phi) is 3.27. The molecule has 82 valence electrons. The molecule has 0 radical (unpaired) electrons. The molecule has 0 aromatic carbocycles. The Morgan fingerprint density at radius 3 is 2.73 bits per heavy atom. The van der Waals surface area contributed by atoms with Crippen LogP contribution in [0.15, 0.2) is 28.2 Å². The zero-order chi connectivity index (χ0) is 10.7. The van der Waals surface area contributed by atoms with Gasteiger partial charge in [0.25, 0.3) is 0 Å². The second-order valence-corrected chi connectivity index (χ2v) is 4.19. The van der Waals surface area contributed by atoms with Crippen molar-refractivity contribution < 1.29 is 4.42 Å². The first kappa shape index (κ1) is 10.5. The molecule has 1 heterocycles. The van der Waals surface area contributed by atoms with Gasteiger partial charge in [0.15, 0.2) is 0 Å². The molecule has 2 rings (SSSR count). The predicted molar refractivity (Wildman–Crippen MR) is 61.8 cm³/mol. The third kappa shape index (κ3) is 2.32. The van der Waals surface area contributed by atoms with Gasteiger partial charge in [-0.3, -0.25) is 0 Å². The van der Waals surface area contributed by atoms with Gasteiger partial charge in [-0.1, -0.05) is 6.08 Å². The third-order valence-corrected chi connectivity index (χ3v) is 3.03. The molecule has 2 heteroatoms. The Hall–Kier alpha value is -1.02. The van der Waals surface area contributed by atoms with Crippen LogP contribution >= 0.6 is 0 Å². The van der Waals surface area contributed by atoms with Crippen molar-refractivity contribution in [2.24, 2.45) is 0 Å². The van der Waals surface area contributed by atoms with Crippen molar-refractivity contribution in [1.29, 1.82) is 0 Å². The van der Waals surface area contributed by atoms with Crippen molar-refractivity contribution in [3.05, 3.63) is 35.3 Å². The Morgan fingerprint density at radius 1 is 1.33 bits per heavy atom. The van der Waals surface area contributed by atoms with Gasteiger partial charge >= 0.3 is 0 Å². The van der Waals surface area contributed by atoms with E-state index in [4.69, 9.17) is 4.42 Å². The monoisotopic (exact) mass is 205 g/mol. The highest BCUT2D eigenvalue weighted by atomic mass is 16.3. The second kappa shape index (κ2) is 4.67. The molecule has 0 amide bonds. The average molecular weight is 205 g/mol. The molecule has 0 saturated heterocycles. The van der Waals surface area contributed by atoms with E-state index in [1.54, 1.807) is 0 Å². The molecule has 1 atom stereocenters. The second-order valence-electron chi connectivity index (χ2n) is 4.19. The largest absolute Gasteiger partial charge is 0.464 e. The number of nitrogens with one attached hydrogen (secondary N) is 1. The first-order valence-corrected chi connectivity index (χ1v) is 5.74. The van der Waals surface area contributed by atoms with Gasteiger partial charge in [0.05, 0.1) is 6.04 Å². The van der Waals surface area contributed by atoms with Crippen molar-refractivity contribution in [1.82, 2.24) is 5.32 Å². The van der Waals surface area contributed by atoms with E-state index in [9.17, 15) is 0 Å². The fraction of sp³-hybridized carbons (Fsp3) is 0.538. The van der Waals surface area contributed by atoms with Gasteiger partial charge in [-0.05, 0) is 57.4 Å². The van der Waals surface area contributed by atoms with Crippen LogP contribution in [0, 0.1) is 6.92 Å². The zero-order valence-corrected chi connectivity index (χ0v) is 9.55. The Morgan fingerprint density at radius 2 is 2.20 bits per heavy atom. The molecule has 1 aliphatic carbocycles. The predicted octanol–water partition coefficient (Wildman–Crippen LogP) is 3.35. The highest BCUT2D eigenvalue weighted by Gasteiger charge is 2.18. The summed E-state index contributed by atoms with van der Waals surface area (Å²) in [5.41, 5.74) is 1.48. The van der Waals surface area contributed by atoms with Crippen LogP contribution in [0.5, 0.6) is 0 Å². The highest BCUT2D eigenvalue weighted by molar-refractivity contribution is 5.23. The van der Waals surface area contributed by atoms with Gasteiger partial charge < -0.3 is 9.73 Å². The van der Waals surface area contributed by atoms with Crippen molar-refractivity contribution in [3.8, 4) is 0 Å². The van der Waals surface area contributed by atoms with Crippen LogP contribution in [0.1, 0.15) is 43.2 Å². The molecule has 0 fully saturated rings. The summed E-state index contributed by atoms with van der Waals surface area (Å²) in [5.74, 6) is 2.03. The van der Waals surface area contributed by atoms with Crippen molar-refractivity contribution in [2.45, 2.75) is 38.6 Å².